The topological polar surface area (TPSA) is 36.9 Å². The zero-order chi connectivity index (χ0) is 7.90. The normalized spacial score (nSPS) is 50.7. The molecule has 2 atom stereocenters. The largest absolute Gasteiger partial charge is 0.413 e. The summed E-state index contributed by atoms with van der Waals surface area (Å²) in [5.41, 5.74) is 0. The molecule has 2 aliphatic heterocycles. The molecule has 1 spiro atoms. The van der Waals surface area contributed by atoms with Gasteiger partial charge in [-0.15, -0.1) is 0 Å². The maximum absolute atomic E-state index is 5.31. The van der Waals surface area contributed by atoms with Crippen LogP contribution in [0.3, 0.4) is 0 Å². The average molecular weight is 160 g/mol. The van der Waals surface area contributed by atoms with Crippen molar-refractivity contribution < 1.29 is 18.9 Å². The Kier molecular flexibility index (Phi) is 1.64. The molecule has 2 saturated heterocycles. The van der Waals surface area contributed by atoms with E-state index in [2.05, 4.69) is 0 Å². The number of hydrogen-bond acceptors (Lipinski definition) is 4. The first-order chi connectivity index (χ1) is 5.20. The van der Waals surface area contributed by atoms with Crippen LogP contribution in [-0.2, 0) is 18.9 Å². The van der Waals surface area contributed by atoms with Gasteiger partial charge in [0.25, 0.3) is 0 Å². The predicted octanol–water partition coefficient (Wildman–Crippen LogP) is 0.468. The lowest BCUT2D eigenvalue weighted by Gasteiger charge is -2.18. The third kappa shape index (κ3) is 1.27. The first-order valence-corrected chi connectivity index (χ1v) is 3.84. The monoisotopic (exact) mass is 160 g/mol. The molecule has 2 fully saturated rings. The summed E-state index contributed by atoms with van der Waals surface area (Å²) in [6, 6.07) is 0. The van der Waals surface area contributed by atoms with E-state index in [9.17, 15) is 0 Å². The Bertz CT molecular complexity index is 141. The molecule has 11 heavy (non-hydrogen) atoms. The van der Waals surface area contributed by atoms with E-state index in [1.54, 1.807) is 0 Å². The lowest BCUT2D eigenvalue weighted by molar-refractivity contribution is -0.430. The molecule has 0 radical (unpaired) electrons. The lowest BCUT2D eigenvalue weighted by Crippen LogP contribution is -2.32. The number of hydrogen-bond donors (Lipinski definition) is 0. The average Bonchev–Trinajstić information content (AvgIpc) is 2.44. The summed E-state index contributed by atoms with van der Waals surface area (Å²) in [5, 5.41) is 0. The van der Waals surface area contributed by atoms with Gasteiger partial charge < -0.3 is 9.47 Å². The van der Waals surface area contributed by atoms with Gasteiger partial charge in [-0.25, -0.2) is 0 Å². The minimum Gasteiger partial charge on any atom is -0.301 e. The Labute approximate surface area is 65.4 Å². The van der Waals surface area contributed by atoms with E-state index in [1.165, 1.54) is 0 Å². The van der Waals surface area contributed by atoms with Crippen LogP contribution in [0.2, 0.25) is 0 Å². The highest BCUT2D eigenvalue weighted by atomic mass is 17.1. The van der Waals surface area contributed by atoms with Gasteiger partial charge in [0.05, 0.1) is 25.4 Å². The zero-order valence-corrected chi connectivity index (χ0v) is 6.70. The summed E-state index contributed by atoms with van der Waals surface area (Å²) in [5.74, 6) is 0. The van der Waals surface area contributed by atoms with Gasteiger partial charge in [0.15, 0.2) is 0 Å². The van der Waals surface area contributed by atoms with Crippen molar-refractivity contribution in [1.29, 1.82) is 0 Å². The highest BCUT2D eigenvalue weighted by molar-refractivity contribution is 4.67. The fourth-order valence-corrected chi connectivity index (χ4v) is 1.21. The Morgan fingerprint density at radius 3 is 1.73 bits per heavy atom. The van der Waals surface area contributed by atoms with Crippen LogP contribution in [0.5, 0.6) is 0 Å². The van der Waals surface area contributed by atoms with Crippen LogP contribution < -0.4 is 0 Å². The van der Waals surface area contributed by atoms with E-state index >= 15 is 0 Å². The molecule has 0 aromatic carbocycles. The Morgan fingerprint density at radius 1 is 1.00 bits per heavy atom. The predicted molar refractivity (Wildman–Crippen MR) is 35.7 cm³/mol. The minimum atomic E-state index is -1.17. The van der Waals surface area contributed by atoms with Crippen molar-refractivity contribution in [3.05, 3.63) is 0 Å². The number of ether oxygens (including phenoxy) is 4. The molecule has 2 aliphatic rings. The molecule has 0 saturated carbocycles. The first kappa shape index (κ1) is 7.49. The minimum absolute atomic E-state index is 0.0558. The highest BCUT2D eigenvalue weighted by Crippen LogP contribution is 2.32. The standard InChI is InChI=1S/C7H12O4/c1-5-3-8-7(10-5)9-4-6(2)11-7/h5-6H,3-4H2,1-2H3. The summed E-state index contributed by atoms with van der Waals surface area (Å²) >= 11 is 0. The van der Waals surface area contributed by atoms with Crippen molar-refractivity contribution in [3.8, 4) is 0 Å². The summed E-state index contributed by atoms with van der Waals surface area (Å²) in [6.45, 7) is 4.91. The van der Waals surface area contributed by atoms with Gasteiger partial charge in [0.1, 0.15) is 0 Å². The molecule has 0 amide bonds. The summed E-state index contributed by atoms with van der Waals surface area (Å²) in [4.78, 5) is 0. The van der Waals surface area contributed by atoms with Gasteiger partial charge in [-0.05, 0) is 13.8 Å². The van der Waals surface area contributed by atoms with Crippen LogP contribution in [0, 0.1) is 0 Å². The molecule has 4 nitrogen and oxygen atoms in total. The molecular formula is C7H12O4. The second-order valence-electron chi connectivity index (χ2n) is 2.98. The summed E-state index contributed by atoms with van der Waals surface area (Å²) in [7, 11) is 0. The smallest absolute Gasteiger partial charge is 0.301 e. The van der Waals surface area contributed by atoms with Crippen molar-refractivity contribution in [2.24, 2.45) is 0 Å². The molecular weight excluding hydrogens is 148 g/mol. The SMILES string of the molecule is CC1COC2(OCC(C)O2)O1. The third-order valence-electron chi connectivity index (χ3n) is 1.68. The zero-order valence-electron chi connectivity index (χ0n) is 6.70. The third-order valence-corrected chi connectivity index (χ3v) is 1.68. The van der Waals surface area contributed by atoms with Crippen LogP contribution in [0.25, 0.3) is 0 Å². The van der Waals surface area contributed by atoms with Crippen molar-refractivity contribution >= 4 is 0 Å². The second-order valence-corrected chi connectivity index (χ2v) is 2.98. The van der Waals surface area contributed by atoms with E-state index < -0.39 is 6.16 Å². The molecule has 0 bridgehead atoms. The van der Waals surface area contributed by atoms with E-state index in [-0.39, 0.29) is 12.2 Å². The molecule has 0 aromatic rings. The summed E-state index contributed by atoms with van der Waals surface area (Å²) < 4.78 is 21.1. The fourth-order valence-electron chi connectivity index (χ4n) is 1.21. The van der Waals surface area contributed by atoms with Crippen LogP contribution in [-0.4, -0.2) is 31.6 Å². The van der Waals surface area contributed by atoms with Crippen LogP contribution >= 0.6 is 0 Å². The van der Waals surface area contributed by atoms with Crippen molar-refractivity contribution in [1.82, 2.24) is 0 Å². The molecule has 64 valence electrons. The van der Waals surface area contributed by atoms with Gasteiger partial charge in [-0.3, -0.25) is 9.47 Å². The summed E-state index contributed by atoms with van der Waals surface area (Å²) in [6.07, 6.45) is -1.06. The van der Waals surface area contributed by atoms with Crippen LogP contribution in [0.1, 0.15) is 13.8 Å². The number of rotatable bonds is 0. The van der Waals surface area contributed by atoms with E-state index in [0.717, 1.165) is 0 Å². The molecule has 2 rings (SSSR count). The van der Waals surface area contributed by atoms with Gasteiger partial charge in [0, 0.05) is 0 Å². The van der Waals surface area contributed by atoms with Gasteiger partial charge in [-0.1, -0.05) is 0 Å². The maximum atomic E-state index is 5.31. The molecule has 0 aromatic heterocycles. The van der Waals surface area contributed by atoms with Gasteiger partial charge >= 0.3 is 6.16 Å². The van der Waals surface area contributed by atoms with E-state index in [0.29, 0.717) is 13.2 Å². The maximum Gasteiger partial charge on any atom is 0.413 e. The van der Waals surface area contributed by atoms with Gasteiger partial charge in [0.2, 0.25) is 0 Å². The quantitative estimate of drug-likeness (QED) is 0.516. The Balaban J connectivity index is 2.02. The Hall–Kier alpha value is -0.160. The lowest BCUT2D eigenvalue weighted by atomic mass is 10.5. The molecule has 2 heterocycles. The fraction of sp³-hybridized carbons (Fsp3) is 1.00. The van der Waals surface area contributed by atoms with E-state index in [4.69, 9.17) is 18.9 Å². The molecule has 4 heteroatoms. The van der Waals surface area contributed by atoms with Crippen LogP contribution in [0.4, 0.5) is 0 Å². The van der Waals surface area contributed by atoms with Crippen LogP contribution in [0.15, 0.2) is 0 Å². The first-order valence-electron chi connectivity index (χ1n) is 3.84. The second kappa shape index (κ2) is 2.42. The van der Waals surface area contributed by atoms with Crippen molar-refractivity contribution in [3.63, 3.8) is 0 Å². The highest BCUT2D eigenvalue weighted by Gasteiger charge is 2.49. The molecule has 0 aliphatic carbocycles. The molecule has 0 N–H and O–H groups in total. The van der Waals surface area contributed by atoms with Crippen molar-refractivity contribution in [2.45, 2.75) is 32.2 Å². The molecule has 2 unspecified atom stereocenters. The van der Waals surface area contributed by atoms with Gasteiger partial charge in [-0.2, -0.15) is 0 Å². The van der Waals surface area contributed by atoms with E-state index in [1.807, 2.05) is 13.8 Å². The van der Waals surface area contributed by atoms with Crippen molar-refractivity contribution in [2.75, 3.05) is 13.2 Å². The Morgan fingerprint density at radius 2 is 1.45 bits per heavy atom.